The minimum absolute atomic E-state index is 0.0907. The van der Waals surface area contributed by atoms with Crippen LogP contribution in [0.5, 0.6) is 5.75 Å². The van der Waals surface area contributed by atoms with E-state index in [1.165, 1.54) is 0 Å². The summed E-state index contributed by atoms with van der Waals surface area (Å²) in [4.78, 5) is 7.62. The van der Waals surface area contributed by atoms with Crippen molar-refractivity contribution in [2.24, 2.45) is 0 Å². The summed E-state index contributed by atoms with van der Waals surface area (Å²) in [5.41, 5.74) is 1.60. The van der Waals surface area contributed by atoms with Gasteiger partial charge in [0.1, 0.15) is 5.75 Å². The second kappa shape index (κ2) is 6.74. The summed E-state index contributed by atoms with van der Waals surface area (Å²) in [6.45, 7) is 0. The van der Waals surface area contributed by atoms with Crippen molar-refractivity contribution in [3.05, 3.63) is 75.2 Å². The Balaban J connectivity index is 1.85. The summed E-state index contributed by atoms with van der Waals surface area (Å²) in [6.07, 6.45) is 1.78. The number of para-hydroxylation sites is 2. The first-order valence-corrected chi connectivity index (χ1v) is 9.76. The molecule has 1 aromatic carbocycles. The van der Waals surface area contributed by atoms with Crippen LogP contribution < -0.4 is 10.2 Å². The fraction of sp³-hybridized carbons (Fsp3) is 0.111. The first-order valence-electron chi connectivity index (χ1n) is 7.68. The van der Waals surface area contributed by atoms with Gasteiger partial charge in [0.2, 0.25) is 0 Å². The lowest BCUT2D eigenvalue weighted by Gasteiger charge is -2.27. The minimum atomic E-state index is -0.0983. The molecule has 2 N–H and O–H groups in total. The molecule has 0 saturated carbocycles. The summed E-state index contributed by atoms with van der Waals surface area (Å²) < 4.78 is 1.03. The molecule has 25 heavy (non-hydrogen) atoms. The number of pyridine rings is 1. The molecule has 4 nitrogen and oxygen atoms in total. The van der Waals surface area contributed by atoms with E-state index in [1.807, 2.05) is 35.2 Å². The summed E-state index contributed by atoms with van der Waals surface area (Å²) in [6, 6.07) is 15.0. The van der Waals surface area contributed by atoms with Crippen molar-refractivity contribution in [1.82, 2.24) is 10.3 Å². The number of benzene rings is 1. The van der Waals surface area contributed by atoms with Crippen LogP contribution in [0.15, 0.2) is 64.6 Å². The fourth-order valence-corrected chi connectivity index (χ4v) is 4.96. The molecule has 0 aliphatic carbocycles. The van der Waals surface area contributed by atoms with Crippen LogP contribution in [0.25, 0.3) is 0 Å². The monoisotopic (exact) mass is 431 g/mol. The van der Waals surface area contributed by atoms with Crippen LogP contribution in [0, 0.1) is 0 Å². The van der Waals surface area contributed by atoms with Crippen molar-refractivity contribution >= 4 is 50.3 Å². The number of phenolic OH excluding ortho intramolecular Hbond substituents is 1. The van der Waals surface area contributed by atoms with E-state index >= 15 is 0 Å². The molecule has 7 heteroatoms. The highest BCUT2D eigenvalue weighted by Crippen LogP contribution is 2.45. The second-order valence-corrected chi connectivity index (χ2v) is 7.90. The van der Waals surface area contributed by atoms with E-state index in [-0.39, 0.29) is 17.8 Å². The van der Waals surface area contributed by atoms with E-state index < -0.39 is 0 Å². The van der Waals surface area contributed by atoms with Crippen molar-refractivity contribution in [3.63, 3.8) is 0 Å². The Morgan fingerprint density at radius 1 is 1.20 bits per heavy atom. The molecule has 2 atom stereocenters. The van der Waals surface area contributed by atoms with Crippen LogP contribution in [0.1, 0.15) is 22.7 Å². The Morgan fingerprint density at radius 3 is 2.68 bits per heavy atom. The van der Waals surface area contributed by atoms with Crippen molar-refractivity contribution in [2.45, 2.75) is 12.1 Å². The smallest absolute Gasteiger partial charge is 0.174 e. The van der Waals surface area contributed by atoms with E-state index in [0.29, 0.717) is 10.8 Å². The second-order valence-electron chi connectivity index (χ2n) is 5.65. The lowest BCUT2D eigenvalue weighted by atomic mass is 10.0. The molecule has 4 rings (SSSR count). The van der Waals surface area contributed by atoms with Gasteiger partial charge < -0.3 is 15.3 Å². The van der Waals surface area contributed by atoms with E-state index in [0.717, 1.165) is 15.0 Å². The maximum absolute atomic E-state index is 10.4. The zero-order valence-corrected chi connectivity index (χ0v) is 16.2. The maximum atomic E-state index is 10.4. The number of aromatic nitrogens is 1. The summed E-state index contributed by atoms with van der Waals surface area (Å²) in [5.74, 6) is 0.203. The quantitative estimate of drug-likeness (QED) is 0.583. The molecule has 0 bridgehead atoms. The first-order chi connectivity index (χ1) is 12.1. The van der Waals surface area contributed by atoms with Crippen LogP contribution in [0.4, 0.5) is 5.69 Å². The van der Waals surface area contributed by atoms with Gasteiger partial charge in [-0.15, -0.1) is 11.3 Å². The molecule has 2 unspecified atom stereocenters. The number of anilines is 1. The van der Waals surface area contributed by atoms with Crippen molar-refractivity contribution < 1.29 is 5.11 Å². The van der Waals surface area contributed by atoms with Crippen molar-refractivity contribution in [2.75, 3.05) is 4.90 Å². The van der Waals surface area contributed by atoms with Gasteiger partial charge >= 0.3 is 0 Å². The molecule has 1 fully saturated rings. The van der Waals surface area contributed by atoms with Crippen LogP contribution in [-0.2, 0) is 0 Å². The number of thiophene rings is 1. The SMILES string of the molecule is Oc1ccccc1N1C(=S)NC(c2ccccn2)C1c1cc(Br)cs1. The van der Waals surface area contributed by atoms with E-state index in [1.54, 1.807) is 29.7 Å². The Morgan fingerprint density at radius 2 is 2.00 bits per heavy atom. The molecule has 0 radical (unpaired) electrons. The zero-order chi connectivity index (χ0) is 17.4. The Labute approximate surface area is 163 Å². The van der Waals surface area contributed by atoms with Gasteiger partial charge in [-0.25, -0.2) is 0 Å². The van der Waals surface area contributed by atoms with E-state index in [4.69, 9.17) is 12.2 Å². The zero-order valence-electron chi connectivity index (χ0n) is 13.0. The molecular formula is C18H14BrN3OS2. The third kappa shape index (κ3) is 3.03. The largest absolute Gasteiger partial charge is 0.506 e. The molecule has 3 heterocycles. The number of rotatable bonds is 3. The van der Waals surface area contributed by atoms with Crippen molar-refractivity contribution in [1.29, 1.82) is 0 Å². The van der Waals surface area contributed by atoms with Gasteiger partial charge in [0.05, 0.1) is 23.5 Å². The highest BCUT2D eigenvalue weighted by Gasteiger charge is 2.42. The van der Waals surface area contributed by atoms with Crippen LogP contribution >= 0.6 is 39.5 Å². The third-order valence-electron chi connectivity index (χ3n) is 4.12. The Kier molecular flexibility index (Phi) is 4.45. The number of hydrogen-bond donors (Lipinski definition) is 2. The van der Waals surface area contributed by atoms with Gasteiger partial charge in [-0.05, 0) is 58.5 Å². The number of halogens is 1. The molecular weight excluding hydrogens is 418 g/mol. The molecule has 126 valence electrons. The normalized spacial score (nSPS) is 19.9. The summed E-state index contributed by atoms with van der Waals surface area (Å²) >= 11 is 10.8. The van der Waals surface area contributed by atoms with Gasteiger partial charge in [-0.1, -0.05) is 18.2 Å². The van der Waals surface area contributed by atoms with Gasteiger partial charge in [-0.3, -0.25) is 4.98 Å². The highest BCUT2D eigenvalue weighted by molar-refractivity contribution is 9.10. The average Bonchev–Trinajstić information content (AvgIpc) is 3.19. The number of aromatic hydroxyl groups is 1. The Bertz CT molecular complexity index is 915. The summed E-state index contributed by atoms with van der Waals surface area (Å²) in [5, 5.41) is 16.4. The van der Waals surface area contributed by atoms with Gasteiger partial charge in [0.15, 0.2) is 5.11 Å². The maximum Gasteiger partial charge on any atom is 0.174 e. The predicted molar refractivity (Wildman–Crippen MR) is 108 cm³/mol. The lowest BCUT2D eigenvalue weighted by molar-refractivity contribution is 0.473. The van der Waals surface area contributed by atoms with Crippen LogP contribution in [0.2, 0.25) is 0 Å². The lowest BCUT2D eigenvalue weighted by Crippen LogP contribution is -2.29. The van der Waals surface area contributed by atoms with Crippen molar-refractivity contribution in [3.8, 4) is 5.75 Å². The number of phenols is 1. The Hall–Kier alpha value is -1.96. The van der Waals surface area contributed by atoms with E-state index in [9.17, 15) is 5.11 Å². The number of hydrogen-bond acceptors (Lipinski definition) is 4. The average molecular weight is 432 g/mol. The van der Waals surface area contributed by atoms with Gasteiger partial charge in [0, 0.05) is 20.9 Å². The molecule has 1 aliphatic heterocycles. The minimum Gasteiger partial charge on any atom is -0.506 e. The first kappa shape index (κ1) is 16.5. The van der Waals surface area contributed by atoms with Crippen LogP contribution in [-0.4, -0.2) is 15.2 Å². The van der Waals surface area contributed by atoms with Gasteiger partial charge in [0.25, 0.3) is 0 Å². The van der Waals surface area contributed by atoms with Crippen LogP contribution in [0.3, 0.4) is 0 Å². The standard InChI is InChI=1S/C18H14BrN3OS2/c19-11-9-15(25-10-11)17-16(12-5-3-4-8-20-12)21-18(24)22(17)13-6-1-2-7-14(13)23/h1-10,16-17,23H,(H,21,24). The third-order valence-corrected chi connectivity index (χ3v) is 6.20. The number of thiocarbonyl (C=S) groups is 1. The predicted octanol–water partition coefficient (Wildman–Crippen LogP) is 4.79. The van der Waals surface area contributed by atoms with Gasteiger partial charge in [-0.2, -0.15) is 0 Å². The number of nitrogens with one attached hydrogen (secondary N) is 1. The molecule has 3 aromatic rings. The summed E-state index contributed by atoms with van der Waals surface area (Å²) in [7, 11) is 0. The molecule has 1 saturated heterocycles. The highest BCUT2D eigenvalue weighted by atomic mass is 79.9. The topological polar surface area (TPSA) is 48.4 Å². The molecule has 0 amide bonds. The fourth-order valence-electron chi connectivity index (χ4n) is 3.05. The number of nitrogens with zero attached hydrogens (tertiary/aromatic N) is 2. The van der Waals surface area contributed by atoms with E-state index in [2.05, 4.69) is 37.7 Å². The molecule has 1 aliphatic rings. The molecule has 0 spiro atoms. The molecule has 2 aromatic heterocycles.